The molecule has 0 fully saturated rings. The maximum Gasteiger partial charge on any atom is 0.169 e. The summed E-state index contributed by atoms with van der Waals surface area (Å²) in [5.74, 6) is 0.883. The quantitative estimate of drug-likeness (QED) is 0.659. The lowest BCUT2D eigenvalue weighted by molar-refractivity contribution is 0.338. The van der Waals surface area contributed by atoms with Crippen molar-refractivity contribution in [3.8, 4) is 5.75 Å². The van der Waals surface area contributed by atoms with Crippen molar-refractivity contribution in [2.75, 3.05) is 20.2 Å². The van der Waals surface area contributed by atoms with E-state index in [0.717, 1.165) is 41.8 Å². The molecule has 1 N–H and O–H groups in total. The summed E-state index contributed by atoms with van der Waals surface area (Å²) in [5, 5.41) is 4.96. The predicted molar refractivity (Wildman–Crippen MR) is 114 cm³/mol. The van der Waals surface area contributed by atoms with E-state index in [1.165, 1.54) is 11.1 Å². The van der Waals surface area contributed by atoms with Gasteiger partial charge in [-0.1, -0.05) is 35.9 Å². The lowest BCUT2D eigenvalue weighted by Gasteiger charge is -2.31. The summed E-state index contributed by atoms with van der Waals surface area (Å²) < 4.78 is 5.22. The molecule has 2 aromatic carbocycles. The molecule has 0 spiro atoms. The molecule has 0 aromatic heterocycles. The Morgan fingerprint density at radius 3 is 2.31 bits per heavy atom. The topological polar surface area (TPSA) is 24.5 Å². The van der Waals surface area contributed by atoms with E-state index in [4.69, 9.17) is 28.6 Å². The number of rotatable bonds is 8. The lowest BCUT2D eigenvalue weighted by atomic mass is 10.1. The molecule has 0 aliphatic rings. The van der Waals surface area contributed by atoms with Gasteiger partial charge in [0.25, 0.3) is 0 Å². The van der Waals surface area contributed by atoms with Crippen LogP contribution in [0.25, 0.3) is 0 Å². The number of hydrogen-bond donors (Lipinski definition) is 1. The number of halogens is 1. The predicted octanol–water partition coefficient (Wildman–Crippen LogP) is 4.72. The van der Waals surface area contributed by atoms with Crippen LogP contribution < -0.4 is 10.1 Å². The number of likely N-dealkylation sites (N-methyl/N-ethyl adjacent to an activating group) is 1. The highest BCUT2D eigenvalue weighted by atomic mass is 35.5. The van der Waals surface area contributed by atoms with Gasteiger partial charge in [-0.3, -0.25) is 0 Å². The maximum atomic E-state index is 5.92. The third-order valence-corrected chi connectivity index (χ3v) is 5.06. The van der Waals surface area contributed by atoms with Crippen molar-refractivity contribution in [3.05, 3.63) is 64.7 Å². The van der Waals surface area contributed by atoms with E-state index >= 15 is 0 Å². The van der Waals surface area contributed by atoms with Gasteiger partial charge in [0, 0.05) is 24.2 Å². The van der Waals surface area contributed by atoms with Crippen LogP contribution in [0.3, 0.4) is 0 Å². The lowest BCUT2D eigenvalue weighted by Crippen LogP contribution is -2.46. The molecule has 26 heavy (non-hydrogen) atoms. The highest BCUT2D eigenvalue weighted by Gasteiger charge is 2.15. The van der Waals surface area contributed by atoms with Crippen molar-refractivity contribution in [1.82, 2.24) is 10.2 Å². The summed E-state index contributed by atoms with van der Waals surface area (Å²) in [4.78, 5) is 2.24. The highest BCUT2D eigenvalue weighted by Crippen LogP contribution is 2.15. The van der Waals surface area contributed by atoms with Crippen LogP contribution in [-0.2, 0) is 12.8 Å². The molecular weight excluding hydrogens is 364 g/mol. The maximum absolute atomic E-state index is 5.92. The minimum absolute atomic E-state index is 0.323. The summed E-state index contributed by atoms with van der Waals surface area (Å²) in [7, 11) is 1.69. The highest BCUT2D eigenvalue weighted by molar-refractivity contribution is 7.80. The van der Waals surface area contributed by atoms with E-state index in [9.17, 15) is 0 Å². The molecule has 0 aliphatic heterocycles. The molecule has 0 bridgehead atoms. The first kappa shape index (κ1) is 20.5. The Morgan fingerprint density at radius 1 is 1.12 bits per heavy atom. The molecule has 140 valence electrons. The molecule has 2 rings (SSSR count). The Balaban J connectivity index is 1.84. The van der Waals surface area contributed by atoms with Crippen LogP contribution in [0.5, 0.6) is 5.75 Å². The smallest absolute Gasteiger partial charge is 0.169 e. The molecule has 1 unspecified atom stereocenters. The number of methoxy groups -OCH3 is 1. The third kappa shape index (κ3) is 6.19. The molecule has 0 radical (unpaired) electrons. The normalized spacial score (nSPS) is 11.7. The summed E-state index contributed by atoms with van der Waals surface area (Å²) in [5.41, 5.74) is 2.53. The number of hydrogen-bond acceptors (Lipinski definition) is 2. The van der Waals surface area contributed by atoms with E-state index in [-0.39, 0.29) is 0 Å². The second kappa shape index (κ2) is 10.4. The molecule has 0 heterocycles. The Bertz CT molecular complexity index is 688. The Labute approximate surface area is 167 Å². The van der Waals surface area contributed by atoms with Crippen molar-refractivity contribution in [2.45, 2.75) is 32.7 Å². The van der Waals surface area contributed by atoms with Gasteiger partial charge in [-0.15, -0.1) is 0 Å². The molecule has 1 atom stereocenters. The van der Waals surface area contributed by atoms with Gasteiger partial charge in [0.1, 0.15) is 5.75 Å². The Kier molecular flexibility index (Phi) is 8.20. The molecule has 0 aliphatic carbocycles. The second-order valence-corrected chi connectivity index (χ2v) is 7.12. The van der Waals surface area contributed by atoms with Crippen LogP contribution in [-0.4, -0.2) is 36.3 Å². The van der Waals surface area contributed by atoms with E-state index in [2.05, 4.69) is 48.3 Å². The van der Waals surface area contributed by atoms with Crippen molar-refractivity contribution in [2.24, 2.45) is 0 Å². The van der Waals surface area contributed by atoms with Crippen LogP contribution in [0.2, 0.25) is 5.02 Å². The fraction of sp³-hybridized carbons (Fsp3) is 0.381. The number of ether oxygens (including phenoxy) is 1. The largest absolute Gasteiger partial charge is 0.497 e. The van der Waals surface area contributed by atoms with Crippen LogP contribution in [0.4, 0.5) is 0 Å². The van der Waals surface area contributed by atoms with Gasteiger partial charge in [0.15, 0.2) is 5.11 Å². The van der Waals surface area contributed by atoms with E-state index < -0.39 is 0 Å². The van der Waals surface area contributed by atoms with Crippen molar-refractivity contribution in [3.63, 3.8) is 0 Å². The van der Waals surface area contributed by atoms with Crippen LogP contribution >= 0.6 is 23.8 Å². The molecule has 3 nitrogen and oxygen atoms in total. The van der Waals surface area contributed by atoms with E-state index in [1.807, 2.05) is 24.3 Å². The molecular formula is C21H27ClN2OS. The van der Waals surface area contributed by atoms with E-state index in [0.29, 0.717) is 6.04 Å². The van der Waals surface area contributed by atoms with Crippen molar-refractivity contribution in [1.29, 1.82) is 0 Å². The number of nitrogens with zero attached hydrogens (tertiary/aromatic N) is 1. The van der Waals surface area contributed by atoms with Gasteiger partial charge in [-0.25, -0.2) is 0 Å². The molecule has 0 saturated carbocycles. The summed E-state index contributed by atoms with van der Waals surface area (Å²) in [6, 6.07) is 16.5. The summed E-state index contributed by atoms with van der Waals surface area (Å²) >= 11 is 11.5. The SMILES string of the molecule is CCN(C(=S)NCCc1ccc(Cl)cc1)C(C)Cc1ccc(OC)cc1. The molecule has 5 heteroatoms. The zero-order valence-corrected chi connectivity index (χ0v) is 17.2. The average Bonchev–Trinajstić information content (AvgIpc) is 2.64. The average molecular weight is 391 g/mol. The molecule has 2 aromatic rings. The van der Waals surface area contributed by atoms with Gasteiger partial charge in [0.2, 0.25) is 0 Å². The number of nitrogens with one attached hydrogen (secondary N) is 1. The first-order chi connectivity index (χ1) is 12.5. The fourth-order valence-corrected chi connectivity index (χ4v) is 3.47. The van der Waals surface area contributed by atoms with Crippen molar-refractivity contribution < 1.29 is 4.74 Å². The minimum Gasteiger partial charge on any atom is -0.497 e. The van der Waals surface area contributed by atoms with Crippen LogP contribution in [0.1, 0.15) is 25.0 Å². The van der Waals surface area contributed by atoms with Crippen molar-refractivity contribution >= 4 is 28.9 Å². The summed E-state index contributed by atoms with van der Waals surface area (Å²) in [6.07, 6.45) is 1.86. The van der Waals surface area contributed by atoms with Gasteiger partial charge in [-0.05, 0) is 74.3 Å². The third-order valence-electron chi connectivity index (χ3n) is 4.43. The molecule has 0 saturated heterocycles. The fourth-order valence-electron chi connectivity index (χ4n) is 2.93. The van der Waals surface area contributed by atoms with Crippen LogP contribution in [0.15, 0.2) is 48.5 Å². The Hall–Kier alpha value is -1.78. The summed E-state index contributed by atoms with van der Waals surface area (Å²) in [6.45, 7) is 6.04. The molecule has 0 amide bonds. The Morgan fingerprint density at radius 2 is 1.73 bits per heavy atom. The first-order valence-corrected chi connectivity index (χ1v) is 9.74. The van der Waals surface area contributed by atoms with Gasteiger partial charge >= 0.3 is 0 Å². The zero-order valence-electron chi connectivity index (χ0n) is 15.7. The van der Waals surface area contributed by atoms with Gasteiger partial charge in [0.05, 0.1) is 7.11 Å². The van der Waals surface area contributed by atoms with Crippen LogP contribution in [0, 0.1) is 0 Å². The minimum atomic E-state index is 0.323. The zero-order chi connectivity index (χ0) is 18.9. The van der Waals surface area contributed by atoms with E-state index in [1.54, 1.807) is 7.11 Å². The second-order valence-electron chi connectivity index (χ2n) is 6.30. The monoisotopic (exact) mass is 390 g/mol. The number of benzene rings is 2. The van der Waals surface area contributed by atoms with Gasteiger partial charge in [-0.2, -0.15) is 0 Å². The van der Waals surface area contributed by atoms with Gasteiger partial charge < -0.3 is 15.0 Å². The standard InChI is InChI=1S/C21H27ClN2OS/c1-4-24(16(2)15-18-7-11-20(25-3)12-8-18)21(26)23-14-13-17-5-9-19(22)10-6-17/h5-12,16H,4,13-15H2,1-3H3,(H,23,26). The first-order valence-electron chi connectivity index (χ1n) is 8.95. The number of thiocarbonyl (C=S) groups is 1.